The summed E-state index contributed by atoms with van der Waals surface area (Å²) in [5.74, 6) is -0.270. The second-order valence-corrected chi connectivity index (χ2v) is 7.75. The number of aromatic nitrogens is 2. The zero-order chi connectivity index (χ0) is 19.7. The number of amides is 2. The van der Waals surface area contributed by atoms with Gasteiger partial charge in [-0.15, -0.1) is 0 Å². The van der Waals surface area contributed by atoms with E-state index in [1.165, 1.54) is 18.3 Å². The molecule has 1 saturated heterocycles. The van der Waals surface area contributed by atoms with Gasteiger partial charge in [0.1, 0.15) is 17.3 Å². The number of halogens is 1. The molecule has 2 aromatic rings. The van der Waals surface area contributed by atoms with Gasteiger partial charge in [0.05, 0.1) is 5.41 Å². The number of hydrogen-bond acceptors (Lipinski definition) is 4. The Morgan fingerprint density at radius 1 is 1.32 bits per heavy atom. The van der Waals surface area contributed by atoms with Crippen LogP contribution in [0, 0.1) is 18.2 Å². The fourth-order valence-corrected chi connectivity index (χ4v) is 4.42. The lowest BCUT2D eigenvalue weighted by Gasteiger charge is -2.36. The van der Waals surface area contributed by atoms with Gasteiger partial charge in [0, 0.05) is 30.5 Å². The summed E-state index contributed by atoms with van der Waals surface area (Å²) in [6.45, 7) is 2.37. The van der Waals surface area contributed by atoms with E-state index in [1.54, 1.807) is 11.0 Å². The predicted octanol–water partition coefficient (Wildman–Crippen LogP) is 3.02. The third kappa shape index (κ3) is 3.48. The third-order valence-corrected chi connectivity index (χ3v) is 5.80. The molecule has 146 valence electrons. The van der Waals surface area contributed by atoms with Crippen molar-refractivity contribution in [3.63, 3.8) is 0 Å². The summed E-state index contributed by atoms with van der Waals surface area (Å²) in [5.41, 5.74) is 0.671. The first-order valence-electron chi connectivity index (χ1n) is 9.65. The standard InChI is InChI=1S/C21H23FN4O2/c1-14-4-2-6-17(24-14)19(27)25-16-5-3-8-21(13-16)9-11-26(20(21)28)18-12-15(22)7-10-23-18/h2,4,6-7,10,12,16H,3,5,8-9,11,13H2,1H3,(H,25,27)/t16-,21-/m0/s1. The van der Waals surface area contributed by atoms with Gasteiger partial charge in [-0.2, -0.15) is 0 Å². The van der Waals surface area contributed by atoms with E-state index in [0.29, 0.717) is 30.9 Å². The maximum Gasteiger partial charge on any atom is 0.270 e. The fraction of sp³-hybridized carbons (Fsp3) is 0.429. The molecule has 1 saturated carbocycles. The highest BCUT2D eigenvalue weighted by atomic mass is 19.1. The first-order valence-corrected chi connectivity index (χ1v) is 9.65. The second kappa shape index (κ2) is 7.30. The lowest BCUT2D eigenvalue weighted by atomic mass is 9.71. The molecule has 3 heterocycles. The van der Waals surface area contributed by atoms with Crippen LogP contribution in [0.2, 0.25) is 0 Å². The quantitative estimate of drug-likeness (QED) is 0.885. The minimum atomic E-state index is -0.510. The van der Waals surface area contributed by atoms with Crippen molar-refractivity contribution in [1.29, 1.82) is 0 Å². The normalized spacial score (nSPS) is 24.6. The van der Waals surface area contributed by atoms with Crippen molar-refractivity contribution in [3.05, 3.63) is 53.7 Å². The molecule has 7 heteroatoms. The van der Waals surface area contributed by atoms with Gasteiger partial charge in [0.25, 0.3) is 5.91 Å². The molecule has 1 spiro atoms. The van der Waals surface area contributed by atoms with Crippen LogP contribution in [-0.4, -0.2) is 34.4 Å². The lowest BCUT2D eigenvalue weighted by molar-refractivity contribution is -0.127. The molecule has 28 heavy (non-hydrogen) atoms. The van der Waals surface area contributed by atoms with Crippen molar-refractivity contribution in [1.82, 2.24) is 15.3 Å². The molecule has 0 unspecified atom stereocenters. The largest absolute Gasteiger partial charge is 0.348 e. The van der Waals surface area contributed by atoms with Crippen LogP contribution in [0.4, 0.5) is 10.2 Å². The third-order valence-electron chi connectivity index (χ3n) is 5.80. The average Bonchev–Trinajstić information content (AvgIpc) is 2.97. The van der Waals surface area contributed by atoms with Gasteiger partial charge in [-0.25, -0.2) is 14.4 Å². The van der Waals surface area contributed by atoms with Crippen LogP contribution >= 0.6 is 0 Å². The smallest absolute Gasteiger partial charge is 0.270 e. The summed E-state index contributed by atoms with van der Waals surface area (Å²) in [5, 5.41) is 3.05. The number of rotatable bonds is 3. The van der Waals surface area contributed by atoms with Gasteiger partial charge in [0.15, 0.2) is 0 Å². The van der Waals surface area contributed by atoms with E-state index in [2.05, 4.69) is 15.3 Å². The number of anilines is 1. The summed E-state index contributed by atoms with van der Waals surface area (Å²) in [6.07, 6.45) is 5.15. The SMILES string of the molecule is Cc1cccc(C(=O)N[C@H]2CCC[C@]3(CCN(c4cc(F)ccn4)C3=O)C2)n1. The summed E-state index contributed by atoms with van der Waals surface area (Å²) < 4.78 is 13.5. The van der Waals surface area contributed by atoms with Crippen LogP contribution in [0.25, 0.3) is 0 Å². The van der Waals surface area contributed by atoms with Crippen LogP contribution in [0.1, 0.15) is 48.3 Å². The molecule has 6 nitrogen and oxygen atoms in total. The Morgan fingerprint density at radius 3 is 2.96 bits per heavy atom. The monoisotopic (exact) mass is 382 g/mol. The zero-order valence-corrected chi connectivity index (χ0v) is 15.8. The second-order valence-electron chi connectivity index (χ2n) is 7.75. The number of aryl methyl sites for hydroxylation is 1. The highest BCUT2D eigenvalue weighted by Crippen LogP contribution is 2.45. The van der Waals surface area contributed by atoms with Gasteiger partial charge < -0.3 is 5.32 Å². The van der Waals surface area contributed by atoms with Crippen LogP contribution < -0.4 is 10.2 Å². The number of nitrogens with zero attached hydrogens (tertiary/aromatic N) is 3. The Morgan fingerprint density at radius 2 is 2.18 bits per heavy atom. The molecule has 2 aliphatic rings. The van der Waals surface area contributed by atoms with Gasteiger partial charge >= 0.3 is 0 Å². The van der Waals surface area contributed by atoms with E-state index in [1.807, 2.05) is 19.1 Å². The molecule has 0 radical (unpaired) electrons. The Balaban J connectivity index is 1.47. The van der Waals surface area contributed by atoms with Crippen LogP contribution in [-0.2, 0) is 4.79 Å². The van der Waals surface area contributed by atoms with Crippen molar-refractivity contribution in [2.45, 2.75) is 45.1 Å². The molecule has 0 aromatic carbocycles. The van der Waals surface area contributed by atoms with Crippen molar-refractivity contribution < 1.29 is 14.0 Å². The number of pyridine rings is 2. The van der Waals surface area contributed by atoms with Crippen molar-refractivity contribution in [2.75, 3.05) is 11.4 Å². The Bertz CT molecular complexity index is 919. The summed E-state index contributed by atoms with van der Waals surface area (Å²) in [6, 6.07) is 7.84. The number of carbonyl (C=O) groups is 2. The molecule has 0 bridgehead atoms. The fourth-order valence-electron chi connectivity index (χ4n) is 4.42. The minimum absolute atomic E-state index is 0.0155. The summed E-state index contributed by atoms with van der Waals surface area (Å²) in [7, 11) is 0. The van der Waals surface area contributed by atoms with Gasteiger partial charge in [-0.3, -0.25) is 14.5 Å². The molecule has 2 aromatic heterocycles. The summed E-state index contributed by atoms with van der Waals surface area (Å²) >= 11 is 0. The van der Waals surface area contributed by atoms with Crippen molar-refractivity contribution >= 4 is 17.6 Å². The Labute approximate surface area is 163 Å². The first-order chi connectivity index (χ1) is 13.5. The zero-order valence-electron chi connectivity index (χ0n) is 15.8. The van der Waals surface area contributed by atoms with E-state index in [-0.39, 0.29) is 17.9 Å². The van der Waals surface area contributed by atoms with Gasteiger partial charge in [-0.1, -0.05) is 12.5 Å². The van der Waals surface area contributed by atoms with E-state index in [4.69, 9.17) is 0 Å². The predicted molar refractivity (Wildman–Crippen MR) is 102 cm³/mol. The highest BCUT2D eigenvalue weighted by molar-refractivity contribution is 5.99. The highest BCUT2D eigenvalue weighted by Gasteiger charge is 2.50. The molecule has 2 atom stereocenters. The molecule has 2 amide bonds. The van der Waals surface area contributed by atoms with Crippen LogP contribution in [0.15, 0.2) is 36.5 Å². The lowest BCUT2D eigenvalue weighted by Crippen LogP contribution is -2.46. The molecule has 1 aliphatic heterocycles. The van der Waals surface area contributed by atoms with Gasteiger partial charge in [-0.05, 0) is 50.8 Å². The Kier molecular flexibility index (Phi) is 4.83. The maximum absolute atomic E-state index is 13.5. The van der Waals surface area contributed by atoms with E-state index < -0.39 is 11.2 Å². The van der Waals surface area contributed by atoms with E-state index >= 15 is 0 Å². The number of nitrogens with one attached hydrogen (secondary N) is 1. The molecule has 4 rings (SSSR count). The molecule has 2 fully saturated rings. The molecule has 1 aliphatic carbocycles. The van der Waals surface area contributed by atoms with Crippen LogP contribution in [0.5, 0.6) is 0 Å². The van der Waals surface area contributed by atoms with E-state index in [9.17, 15) is 14.0 Å². The van der Waals surface area contributed by atoms with Crippen molar-refractivity contribution in [3.8, 4) is 0 Å². The van der Waals surface area contributed by atoms with Crippen LogP contribution in [0.3, 0.4) is 0 Å². The Hall–Kier alpha value is -2.83. The van der Waals surface area contributed by atoms with Gasteiger partial charge in [0.2, 0.25) is 5.91 Å². The molecule has 1 N–H and O–H groups in total. The topological polar surface area (TPSA) is 75.2 Å². The minimum Gasteiger partial charge on any atom is -0.348 e. The van der Waals surface area contributed by atoms with Crippen molar-refractivity contribution in [2.24, 2.45) is 5.41 Å². The number of carbonyl (C=O) groups excluding carboxylic acids is 2. The first kappa shape index (κ1) is 18.5. The van der Waals surface area contributed by atoms with E-state index in [0.717, 1.165) is 25.0 Å². The molecular formula is C21H23FN4O2. The number of hydrogen-bond donors (Lipinski definition) is 1. The average molecular weight is 382 g/mol. The molecular weight excluding hydrogens is 359 g/mol. The summed E-state index contributed by atoms with van der Waals surface area (Å²) in [4.78, 5) is 35.7. The maximum atomic E-state index is 13.5.